The number of nitrogens with one attached hydrogen (secondary N) is 2. The number of benzene rings is 2. The normalized spacial score (nSPS) is 14.1. The summed E-state index contributed by atoms with van der Waals surface area (Å²) in [7, 11) is 0. The molecule has 2 aromatic carbocycles. The first-order chi connectivity index (χ1) is 16.5. The number of ether oxygens (including phenoxy) is 2. The maximum absolute atomic E-state index is 13.5. The van der Waals surface area contributed by atoms with Crippen molar-refractivity contribution in [3.63, 3.8) is 0 Å². The molecule has 4 rings (SSSR count). The Hall–Kier alpha value is -3.27. The van der Waals surface area contributed by atoms with E-state index in [0.717, 1.165) is 39.3 Å². The standard InChI is InChI=1S/C24H25ClFN5O3/c1-2-23(32)30-21-13-17-20(14-22(21)34-9-3-6-31-7-10-33-11-8-31)27-15-28-24(17)29-16-4-5-19(26)18(25)12-16/h2,4-5,12-15,25H,1,3,6-11H2,(H-,27,28,29,30,32)/p+1. The number of carbonyl (C=O) groups is 1. The van der Waals surface area contributed by atoms with E-state index in [9.17, 15) is 9.18 Å². The minimum absolute atomic E-state index is 0.107. The predicted molar refractivity (Wildman–Crippen MR) is 126 cm³/mol. The summed E-state index contributed by atoms with van der Waals surface area (Å²) >= 11 is 5.01. The van der Waals surface area contributed by atoms with E-state index >= 15 is 0 Å². The molecule has 0 saturated carbocycles. The van der Waals surface area contributed by atoms with Gasteiger partial charge in [0.2, 0.25) is 5.91 Å². The quantitative estimate of drug-likeness (QED) is 0.354. The number of hydrogen-bond donors (Lipinski definition) is 2. The number of amides is 1. The van der Waals surface area contributed by atoms with Gasteiger partial charge in [0.1, 0.15) is 17.9 Å². The SMILES string of the molecule is C=CC(=O)Nc1cc2c(Nc3ccc(F)c([ClH+])c3)ncnc2cc1OCCCN1CCOCC1. The van der Waals surface area contributed by atoms with Crippen LogP contribution in [0.4, 0.5) is 21.6 Å². The Morgan fingerprint density at radius 3 is 2.85 bits per heavy atom. The van der Waals surface area contributed by atoms with E-state index < -0.39 is 5.82 Å². The first-order valence-electron chi connectivity index (χ1n) is 10.9. The maximum Gasteiger partial charge on any atom is 0.263 e. The number of carbonyl (C=O) groups excluding carboxylic acids is 1. The molecule has 1 fully saturated rings. The Balaban J connectivity index is 1.56. The third-order valence-electron chi connectivity index (χ3n) is 5.35. The van der Waals surface area contributed by atoms with Gasteiger partial charge in [-0.25, -0.2) is 14.4 Å². The van der Waals surface area contributed by atoms with Crippen molar-refractivity contribution in [2.24, 2.45) is 0 Å². The summed E-state index contributed by atoms with van der Waals surface area (Å²) in [5.41, 5.74) is 1.69. The maximum atomic E-state index is 13.5. The van der Waals surface area contributed by atoms with E-state index in [4.69, 9.17) is 21.1 Å². The molecule has 2 N–H and O–H groups in total. The Morgan fingerprint density at radius 2 is 2.09 bits per heavy atom. The number of halogens is 2. The van der Waals surface area contributed by atoms with Gasteiger partial charge in [0.25, 0.3) is 5.02 Å². The van der Waals surface area contributed by atoms with Crippen LogP contribution < -0.4 is 15.4 Å². The van der Waals surface area contributed by atoms with E-state index in [1.807, 2.05) is 0 Å². The number of aromatic nitrogens is 2. The van der Waals surface area contributed by atoms with Gasteiger partial charge in [0, 0.05) is 42.8 Å². The largest absolute Gasteiger partial charge is 0.491 e. The van der Waals surface area contributed by atoms with Crippen LogP contribution in [0.25, 0.3) is 10.9 Å². The molecule has 178 valence electrons. The van der Waals surface area contributed by atoms with Crippen LogP contribution >= 0.6 is 0 Å². The van der Waals surface area contributed by atoms with Crippen molar-refractivity contribution in [3.05, 3.63) is 60.2 Å². The van der Waals surface area contributed by atoms with E-state index in [-0.39, 0.29) is 10.9 Å². The zero-order chi connectivity index (χ0) is 23.9. The van der Waals surface area contributed by atoms with Crippen LogP contribution in [0.5, 0.6) is 5.75 Å². The molecule has 10 heteroatoms. The van der Waals surface area contributed by atoms with Gasteiger partial charge in [-0.15, -0.1) is 0 Å². The highest BCUT2D eigenvalue weighted by Crippen LogP contribution is 2.33. The fourth-order valence-corrected chi connectivity index (χ4v) is 3.79. The molecular weight excluding hydrogens is 461 g/mol. The van der Waals surface area contributed by atoms with Gasteiger partial charge in [0.05, 0.1) is 31.0 Å². The monoisotopic (exact) mass is 486 g/mol. The summed E-state index contributed by atoms with van der Waals surface area (Å²) in [5, 5.41) is 6.69. The average Bonchev–Trinajstić information content (AvgIpc) is 2.85. The summed E-state index contributed by atoms with van der Waals surface area (Å²) in [5.74, 6) is 0.166. The third kappa shape index (κ3) is 5.99. The number of rotatable bonds is 9. The van der Waals surface area contributed by atoms with Crippen molar-refractivity contribution < 1.29 is 30.3 Å². The van der Waals surface area contributed by atoms with Gasteiger partial charge in [-0.2, -0.15) is 0 Å². The van der Waals surface area contributed by atoms with Crippen molar-refractivity contribution in [1.82, 2.24) is 14.9 Å². The smallest absolute Gasteiger partial charge is 0.263 e. The molecule has 0 unspecified atom stereocenters. The molecule has 0 atom stereocenters. The first kappa shape index (κ1) is 23.9. The molecule has 0 bridgehead atoms. The molecule has 3 aromatic rings. The zero-order valence-electron chi connectivity index (χ0n) is 18.6. The zero-order valence-corrected chi connectivity index (χ0v) is 19.4. The molecule has 0 aliphatic carbocycles. The van der Waals surface area contributed by atoms with Crippen molar-refractivity contribution in [1.29, 1.82) is 0 Å². The highest BCUT2D eigenvalue weighted by molar-refractivity contribution is 6.03. The second-order valence-corrected chi connectivity index (χ2v) is 8.15. The van der Waals surface area contributed by atoms with Crippen LogP contribution in [0.1, 0.15) is 6.42 Å². The number of anilines is 3. The molecule has 1 aromatic heterocycles. The Kier molecular flexibility index (Phi) is 7.89. The van der Waals surface area contributed by atoms with Crippen molar-refractivity contribution >= 4 is 34.0 Å². The Labute approximate surface area is 201 Å². The van der Waals surface area contributed by atoms with Crippen LogP contribution in [-0.4, -0.2) is 60.2 Å². The molecule has 1 aliphatic heterocycles. The lowest BCUT2D eigenvalue weighted by atomic mass is 10.1. The number of nitrogens with zero attached hydrogens (tertiary/aromatic N) is 3. The lowest BCUT2D eigenvalue weighted by molar-refractivity contribution is -0.293. The fraction of sp³-hybridized carbons (Fsp3) is 0.292. The number of morpholine rings is 1. The lowest BCUT2D eigenvalue weighted by Crippen LogP contribution is -2.37. The Morgan fingerprint density at radius 1 is 1.26 bits per heavy atom. The van der Waals surface area contributed by atoms with Crippen LogP contribution in [0, 0.1) is 17.4 Å². The van der Waals surface area contributed by atoms with Crippen LogP contribution in [-0.2, 0) is 9.53 Å². The van der Waals surface area contributed by atoms with Crippen molar-refractivity contribution in [3.8, 4) is 5.75 Å². The second kappa shape index (κ2) is 11.2. The van der Waals surface area contributed by atoms with Crippen LogP contribution in [0.2, 0.25) is 5.02 Å². The number of hydrogen-bond acceptors (Lipinski definition) is 7. The van der Waals surface area contributed by atoms with Crippen LogP contribution in [0.15, 0.2) is 49.3 Å². The highest BCUT2D eigenvalue weighted by Gasteiger charge is 2.15. The van der Waals surface area contributed by atoms with E-state index in [1.165, 1.54) is 24.5 Å². The van der Waals surface area contributed by atoms with Gasteiger partial charge >= 0.3 is 0 Å². The topological polar surface area (TPSA) is 88.6 Å². The summed E-state index contributed by atoms with van der Waals surface area (Å²) in [4.78, 5) is 23.1. The van der Waals surface area contributed by atoms with Gasteiger partial charge < -0.3 is 20.1 Å². The van der Waals surface area contributed by atoms with Crippen molar-refractivity contribution in [2.45, 2.75) is 6.42 Å². The third-order valence-corrected chi connectivity index (χ3v) is 5.67. The molecule has 0 radical (unpaired) electrons. The molecular formula is C24H26ClFN5O3+. The van der Waals surface area contributed by atoms with E-state index in [1.54, 1.807) is 18.2 Å². The summed E-state index contributed by atoms with van der Waals surface area (Å²) < 4.78 is 25.0. The minimum atomic E-state index is -0.460. The molecule has 1 amide bonds. The summed E-state index contributed by atoms with van der Waals surface area (Å²) in [6.45, 7) is 8.26. The second-order valence-electron chi connectivity index (χ2n) is 7.71. The Bertz CT molecular complexity index is 1190. The van der Waals surface area contributed by atoms with Crippen LogP contribution in [0.3, 0.4) is 0 Å². The fourth-order valence-electron chi connectivity index (χ4n) is 3.60. The first-order valence-corrected chi connectivity index (χ1v) is 11.3. The van der Waals surface area contributed by atoms with Crippen molar-refractivity contribution in [2.75, 3.05) is 50.1 Å². The predicted octanol–water partition coefficient (Wildman–Crippen LogP) is 3.43. The molecule has 34 heavy (non-hydrogen) atoms. The summed E-state index contributed by atoms with van der Waals surface area (Å²) in [6, 6.07) is 7.90. The average molecular weight is 487 g/mol. The molecule has 1 aliphatic rings. The molecule has 2 heterocycles. The molecule has 1 saturated heterocycles. The molecule has 0 spiro atoms. The lowest BCUT2D eigenvalue weighted by Gasteiger charge is -2.26. The van der Waals surface area contributed by atoms with Gasteiger partial charge in [-0.05, 0) is 30.7 Å². The van der Waals surface area contributed by atoms with E-state index in [0.29, 0.717) is 40.5 Å². The number of fused-ring (bicyclic) bond motifs is 1. The molecule has 8 nitrogen and oxygen atoms in total. The van der Waals surface area contributed by atoms with Gasteiger partial charge in [-0.1, -0.05) is 6.58 Å². The van der Waals surface area contributed by atoms with E-state index in [2.05, 4.69) is 32.1 Å². The van der Waals surface area contributed by atoms with Gasteiger partial charge in [-0.3, -0.25) is 9.69 Å². The summed E-state index contributed by atoms with van der Waals surface area (Å²) in [6.07, 6.45) is 3.45. The van der Waals surface area contributed by atoms with Gasteiger partial charge in [0.15, 0.2) is 17.4 Å². The minimum Gasteiger partial charge on any atom is -0.491 e. The highest BCUT2D eigenvalue weighted by atomic mass is 35.5.